The number of carbonyl (C=O) groups excluding carboxylic acids is 1. The van der Waals surface area contributed by atoms with Crippen molar-refractivity contribution in [2.24, 2.45) is 5.10 Å². The van der Waals surface area contributed by atoms with E-state index in [1.807, 2.05) is 68.6 Å². The molecule has 1 aliphatic heterocycles. The Morgan fingerprint density at radius 3 is 2.59 bits per heavy atom. The monoisotopic (exact) mass is 494 g/mol. The van der Waals surface area contributed by atoms with Gasteiger partial charge in [0.1, 0.15) is 5.75 Å². The van der Waals surface area contributed by atoms with Gasteiger partial charge in [0.05, 0.1) is 28.5 Å². The summed E-state index contributed by atoms with van der Waals surface area (Å²) in [5.74, 6) is 3.68. The highest BCUT2D eigenvalue weighted by Gasteiger charge is 2.18. The summed E-state index contributed by atoms with van der Waals surface area (Å²) in [5.41, 5.74) is 4.41. The number of carbonyl (C=O) groups is 1. The molecule has 9 heteroatoms. The van der Waals surface area contributed by atoms with Crippen LogP contribution >= 0.6 is 35.1 Å². The molecule has 1 aliphatic rings. The Kier molecular flexibility index (Phi) is 9.44. The van der Waals surface area contributed by atoms with Gasteiger partial charge >= 0.3 is 0 Å². The van der Waals surface area contributed by atoms with Crippen LogP contribution in [0, 0.1) is 0 Å². The summed E-state index contributed by atoms with van der Waals surface area (Å²) in [4.78, 5) is 12.1. The minimum atomic E-state index is -0.358. The highest BCUT2D eigenvalue weighted by Crippen LogP contribution is 2.45. The van der Waals surface area contributed by atoms with Crippen molar-refractivity contribution in [2.75, 3.05) is 24.7 Å². The van der Waals surface area contributed by atoms with E-state index in [9.17, 15) is 4.79 Å². The topological polar surface area (TPSA) is 69.2 Å². The van der Waals surface area contributed by atoms with Gasteiger partial charge in [-0.25, -0.2) is 5.43 Å². The molecule has 0 aromatic heterocycles. The molecule has 172 valence electrons. The largest absolute Gasteiger partial charge is 0.490 e. The van der Waals surface area contributed by atoms with Gasteiger partial charge in [0.15, 0.2) is 18.1 Å². The number of rotatable bonds is 10. The van der Waals surface area contributed by atoms with Gasteiger partial charge in [-0.05, 0) is 56.2 Å². The maximum atomic E-state index is 12.1. The zero-order chi connectivity index (χ0) is 22.9. The van der Waals surface area contributed by atoms with Gasteiger partial charge in [-0.2, -0.15) is 5.10 Å². The molecule has 32 heavy (non-hydrogen) atoms. The molecule has 0 atom stereocenters. The highest BCUT2D eigenvalue weighted by molar-refractivity contribution is 8.19. The van der Waals surface area contributed by atoms with E-state index >= 15 is 0 Å². The van der Waals surface area contributed by atoms with Gasteiger partial charge in [0.25, 0.3) is 5.91 Å². The first-order valence-electron chi connectivity index (χ1n) is 10.4. The van der Waals surface area contributed by atoms with Gasteiger partial charge in [-0.15, -0.1) is 23.5 Å². The van der Waals surface area contributed by atoms with Crippen molar-refractivity contribution in [3.8, 4) is 17.2 Å². The predicted molar refractivity (Wildman–Crippen MR) is 134 cm³/mol. The summed E-state index contributed by atoms with van der Waals surface area (Å²) in [6.07, 6.45) is 1.46. The summed E-state index contributed by atoms with van der Waals surface area (Å²) in [7, 11) is 0. The van der Waals surface area contributed by atoms with Crippen molar-refractivity contribution in [3.05, 3.63) is 52.5 Å². The molecule has 0 bridgehead atoms. The second-order valence-corrected chi connectivity index (χ2v) is 10.3. The number of nitrogens with zero attached hydrogens (tertiary/aromatic N) is 1. The van der Waals surface area contributed by atoms with Crippen LogP contribution in [0.5, 0.6) is 17.2 Å². The SMILES string of the molecule is CCOc1cc(/C=N\NC(=O)COc2ccc(C3SCCS3)cc2)cc(Cl)c1OC(C)C. The van der Waals surface area contributed by atoms with Crippen molar-refractivity contribution in [2.45, 2.75) is 31.5 Å². The fraction of sp³-hybridized carbons (Fsp3) is 0.391. The molecule has 0 aliphatic carbocycles. The van der Waals surface area contributed by atoms with Crippen LogP contribution in [-0.2, 0) is 4.79 Å². The Labute approximate surface area is 202 Å². The second-order valence-electron chi connectivity index (χ2n) is 7.15. The molecule has 2 aromatic rings. The Balaban J connectivity index is 1.52. The molecule has 1 heterocycles. The molecule has 0 saturated carbocycles. The van der Waals surface area contributed by atoms with Crippen molar-refractivity contribution in [1.29, 1.82) is 0 Å². The lowest BCUT2D eigenvalue weighted by atomic mass is 10.2. The molecule has 1 saturated heterocycles. The van der Waals surface area contributed by atoms with Gasteiger partial charge in [-0.3, -0.25) is 4.79 Å². The molecule has 1 fully saturated rings. The van der Waals surface area contributed by atoms with E-state index in [-0.39, 0.29) is 18.6 Å². The number of amides is 1. The quantitative estimate of drug-likeness (QED) is 0.346. The molecule has 2 aromatic carbocycles. The van der Waals surface area contributed by atoms with Crippen LogP contribution in [0.2, 0.25) is 5.02 Å². The second kappa shape index (κ2) is 12.3. The molecular formula is C23H27ClN2O4S2. The molecule has 0 unspecified atom stereocenters. The summed E-state index contributed by atoms with van der Waals surface area (Å²) in [5, 5.41) is 4.40. The number of hydrogen-bond donors (Lipinski definition) is 1. The molecule has 0 radical (unpaired) electrons. The fourth-order valence-electron chi connectivity index (χ4n) is 2.91. The summed E-state index contributed by atoms with van der Waals surface area (Å²) < 4.78 is 17.4. The standard InChI is InChI=1S/C23H27ClN2O4S2/c1-4-28-20-12-16(11-19(24)22(20)30-15(2)3)13-25-26-21(27)14-29-18-7-5-17(6-8-18)23-31-9-10-32-23/h5-8,11-13,15,23H,4,9-10,14H2,1-3H3,(H,26,27)/b25-13-. The molecule has 1 amide bonds. The molecule has 3 rings (SSSR count). The van der Waals surface area contributed by atoms with Gasteiger partial charge in [0.2, 0.25) is 0 Å². The van der Waals surface area contributed by atoms with Crippen molar-refractivity contribution < 1.29 is 19.0 Å². The van der Waals surface area contributed by atoms with Gasteiger partial charge in [-0.1, -0.05) is 23.7 Å². The predicted octanol–water partition coefficient (Wildman–Crippen LogP) is 5.53. The number of nitrogens with one attached hydrogen (secondary N) is 1. The fourth-order valence-corrected chi connectivity index (χ4v) is 6.03. The third kappa shape index (κ3) is 7.25. The Morgan fingerprint density at radius 1 is 1.22 bits per heavy atom. The van der Waals surface area contributed by atoms with Crippen LogP contribution < -0.4 is 19.6 Å². The number of hydrogen-bond acceptors (Lipinski definition) is 7. The Hall–Kier alpha value is -2.03. The average Bonchev–Trinajstić information content (AvgIpc) is 3.30. The Bertz CT molecular complexity index is 932. The first kappa shape index (κ1) is 24.6. The van der Waals surface area contributed by atoms with Gasteiger partial charge in [0, 0.05) is 11.5 Å². The van der Waals surface area contributed by atoms with E-state index in [4.69, 9.17) is 25.8 Å². The lowest BCUT2D eigenvalue weighted by molar-refractivity contribution is -0.123. The number of ether oxygens (including phenoxy) is 3. The lowest BCUT2D eigenvalue weighted by Gasteiger charge is -2.16. The third-order valence-electron chi connectivity index (χ3n) is 4.23. The van der Waals surface area contributed by atoms with Crippen LogP contribution in [0.25, 0.3) is 0 Å². The molecule has 0 spiro atoms. The zero-order valence-corrected chi connectivity index (χ0v) is 20.7. The van der Waals surface area contributed by atoms with E-state index < -0.39 is 0 Å². The van der Waals surface area contributed by atoms with Crippen molar-refractivity contribution >= 4 is 47.2 Å². The summed E-state index contributed by atoms with van der Waals surface area (Å²) >= 11 is 10.3. The van der Waals surface area contributed by atoms with E-state index in [0.717, 1.165) is 0 Å². The third-order valence-corrected chi connectivity index (χ3v) is 7.62. The van der Waals surface area contributed by atoms with E-state index in [0.29, 0.717) is 39.0 Å². The van der Waals surface area contributed by atoms with Crippen LogP contribution in [0.1, 0.15) is 36.5 Å². The van der Waals surface area contributed by atoms with E-state index in [1.54, 1.807) is 12.1 Å². The minimum absolute atomic E-state index is 0.0396. The normalized spacial score (nSPS) is 14.2. The smallest absolute Gasteiger partial charge is 0.277 e. The number of thioether (sulfide) groups is 2. The lowest BCUT2D eigenvalue weighted by Crippen LogP contribution is -2.24. The highest BCUT2D eigenvalue weighted by atomic mass is 35.5. The first-order valence-corrected chi connectivity index (χ1v) is 12.8. The summed E-state index contributed by atoms with van der Waals surface area (Å²) in [6, 6.07) is 11.4. The van der Waals surface area contributed by atoms with Crippen molar-refractivity contribution in [1.82, 2.24) is 5.43 Å². The Morgan fingerprint density at radius 2 is 1.94 bits per heavy atom. The van der Waals surface area contributed by atoms with E-state index in [1.165, 1.54) is 23.3 Å². The minimum Gasteiger partial charge on any atom is -0.490 e. The molecule has 6 nitrogen and oxygen atoms in total. The molecule has 1 N–H and O–H groups in total. The zero-order valence-electron chi connectivity index (χ0n) is 18.3. The maximum Gasteiger partial charge on any atom is 0.277 e. The average molecular weight is 495 g/mol. The van der Waals surface area contributed by atoms with Crippen LogP contribution in [0.3, 0.4) is 0 Å². The number of halogens is 1. The van der Waals surface area contributed by atoms with Crippen LogP contribution in [-0.4, -0.2) is 42.9 Å². The van der Waals surface area contributed by atoms with Crippen LogP contribution in [0.4, 0.5) is 0 Å². The van der Waals surface area contributed by atoms with E-state index in [2.05, 4.69) is 10.5 Å². The molecular weight excluding hydrogens is 468 g/mol. The van der Waals surface area contributed by atoms with Crippen LogP contribution in [0.15, 0.2) is 41.5 Å². The van der Waals surface area contributed by atoms with Gasteiger partial charge < -0.3 is 14.2 Å². The number of benzene rings is 2. The first-order chi connectivity index (χ1) is 15.5. The van der Waals surface area contributed by atoms with Crippen molar-refractivity contribution in [3.63, 3.8) is 0 Å². The summed E-state index contributed by atoms with van der Waals surface area (Å²) in [6.45, 7) is 6.06. The maximum absolute atomic E-state index is 12.1. The number of hydrazone groups is 1.